The zero-order chi connectivity index (χ0) is 13.3. The third-order valence-electron chi connectivity index (χ3n) is 3.12. The van der Waals surface area contributed by atoms with Crippen LogP contribution in [0.3, 0.4) is 0 Å². The van der Waals surface area contributed by atoms with Gasteiger partial charge in [0.05, 0.1) is 11.7 Å². The average molecular weight is 288 g/mol. The van der Waals surface area contributed by atoms with E-state index in [4.69, 9.17) is 27.9 Å². The molecule has 1 heterocycles. The number of alkyl halides is 1. The zero-order valence-electron chi connectivity index (χ0n) is 11.0. The smallest absolute Gasteiger partial charge is 0.0805 e. The minimum Gasteiger partial charge on any atom is -0.369 e. The predicted molar refractivity (Wildman–Crippen MR) is 77.8 cm³/mol. The molecule has 2 rings (SSSR count). The van der Waals surface area contributed by atoms with Crippen LogP contribution in [0.15, 0.2) is 18.2 Å². The second kappa shape index (κ2) is 5.28. The van der Waals surface area contributed by atoms with E-state index in [1.165, 1.54) is 0 Å². The topological polar surface area (TPSA) is 12.5 Å². The van der Waals surface area contributed by atoms with Crippen LogP contribution in [-0.2, 0) is 10.6 Å². The van der Waals surface area contributed by atoms with Crippen molar-refractivity contribution in [3.8, 4) is 0 Å². The van der Waals surface area contributed by atoms with E-state index in [1.807, 2.05) is 12.1 Å². The molecule has 1 aliphatic rings. The van der Waals surface area contributed by atoms with Crippen LogP contribution >= 0.6 is 23.2 Å². The lowest BCUT2D eigenvalue weighted by Gasteiger charge is -2.43. The number of hydrogen-bond acceptors (Lipinski definition) is 2. The van der Waals surface area contributed by atoms with E-state index in [2.05, 4.69) is 31.7 Å². The van der Waals surface area contributed by atoms with Gasteiger partial charge in [-0.2, -0.15) is 0 Å². The summed E-state index contributed by atoms with van der Waals surface area (Å²) in [5, 5.41) is 0.736. The van der Waals surface area contributed by atoms with E-state index < -0.39 is 0 Å². The van der Waals surface area contributed by atoms with Gasteiger partial charge in [0.1, 0.15) is 0 Å². The van der Waals surface area contributed by atoms with Gasteiger partial charge >= 0.3 is 0 Å². The number of benzene rings is 1. The molecule has 0 bridgehead atoms. The van der Waals surface area contributed by atoms with Crippen LogP contribution in [0.25, 0.3) is 0 Å². The van der Waals surface area contributed by atoms with Crippen LogP contribution in [0, 0.1) is 0 Å². The van der Waals surface area contributed by atoms with Crippen LogP contribution in [-0.4, -0.2) is 24.8 Å². The molecule has 0 aliphatic carbocycles. The normalized spacial score (nSPS) is 23.2. The Morgan fingerprint density at radius 2 is 2.17 bits per heavy atom. The summed E-state index contributed by atoms with van der Waals surface area (Å²) >= 11 is 12.0. The van der Waals surface area contributed by atoms with Crippen LogP contribution in [0.1, 0.15) is 26.3 Å². The molecule has 4 heteroatoms. The molecule has 0 aromatic heterocycles. The fraction of sp³-hybridized carbons (Fsp3) is 0.571. The van der Waals surface area contributed by atoms with Gasteiger partial charge in [0.15, 0.2) is 0 Å². The Balaban J connectivity index is 2.23. The second-order valence-electron chi connectivity index (χ2n) is 5.48. The third-order valence-corrected chi connectivity index (χ3v) is 3.75. The summed E-state index contributed by atoms with van der Waals surface area (Å²) in [7, 11) is 0. The summed E-state index contributed by atoms with van der Waals surface area (Å²) in [6, 6.07) is 6.07. The highest BCUT2D eigenvalue weighted by Crippen LogP contribution is 2.29. The van der Waals surface area contributed by atoms with Crippen molar-refractivity contribution in [3.05, 3.63) is 28.8 Å². The highest BCUT2D eigenvalue weighted by molar-refractivity contribution is 6.32. The fourth-order valence-electron chi connectivity index (χ4n) is 2.49. The number of ether oxygens (including phenoxy) is 1. The van der Waals surface area contributed by atoms with Crippen molar-refractivity contribution in [3.63, 3.8) is 0 Å². The summed E-state index contributed by atoms with van der Waals surface area (Å²) in [4.78, 5) is 2.32. The van der Waals surface area contributed by atoms with E-state index in [-0.39, 0.29) is 11.7 Å². The lowest BCUT2D eigenvalue weighted by atomic mass is 10.0. The monoisotopic (exact) mass is 287 g/mol. The number of hydrogen-bond donors (Lipinski definition) is 0. The molecule has 1 fully saturated rings. The molecule has 1 atom stereocenters. The number of anilines is 1. The van der Waals surface area contributed by atoms with E-state index in [0.29, 0.717) is 5.88 Å². The van der Waals surface area contributed by atoms with Gasteiger partial charge in [-0.15, -0.1) is 11.6 Å². The van der Waals surface area contributed by atoms with E-state index in [0.717, 1.165) is 29.4 Å². The summed E-state index contributed by atoms with van der Waals surface area (Å²) in [5.41, 5.74) is 1.98. The standard InChI is InChI=1S/C14H19Cl2NO/c1-10-8-17(9-14(2,3)18-10)12-5-4-11(7-15)13(16)6-12/h4-6,10H,7-9H2,1-3H3. The molecule has 1 saturated heterocycles. The maximum absolute atomic E-state index is 6.21. The van der Waals surface area contributed by atoms with Gasteiger partial charge < -0.3 is 9.64 Å². The molecule has 18 heavy (non-hydrogen) atoms. The fourth-order valence-corrected chi connectivity index (χ4v) is 3.03. The summed E-state index contributed by atoms with van der Waals surface area (Å²) in [5.74, 6) is 0.449. The quantitative estimate of drug-likeness (QED) is 0.760. The van der Waals surface area contributed by atoms with Gasteiger partial charge in [-0.25, -0.2) is 0 Å². The molecule has 1 unspecified atom stereocenters. The van der Waals surface area contributed by atoms with Gasteiger partial charge in [-0.3, -0.25) is 0 Å². The lowest BCUT2D eigenvalue weighted by Crippen LogP contribution is -2.52. The van der Waals surface area contributed by atoms with Crippen LogP contribution in [0.5, 0.6) is 0 Å². The molecule has 2 nitrogen and oxygen atoms in total. The molecule has 0 spiro atoms. The van der Waals surface area contributed by atoms with Crippen molar-refractivity contribution >= 4 is 28.9 Å². The molecule has 0 radical (unpaired) electrons. The van der Waals surface area contributed by atoms with Gasteiger partial charge in [0.2, 0.25) is 0 Å². The third kappa shape index (κ3) is 3.11. The SMILES string of the molecule is CC1CN(c2ccc(CCl)c(Cl)c2)CC(C)(C)O1. The first-order chi connectivity index (χ1) is 8.41. The summed E-state index contributed by atoms with van der Waals surface area (Å²) in [6.07, 6.45) is 0.222. The highest BCUT2D eigenvalue weighted by atomic mass is 35.5. The molecule has 0 saturated carbocycles. The first kappa shape index (κ1) is 14.0. The highest BCUT2D eigenvalue weighted by Gasteiger charge is 2.31. The first-order valence-corrected chi connectivity index (χ1v) is 7.10. The molecule has 0 amide bonds. The summed E-state index contributed by atoms with van der Waals surface area (Å²) in [6.45, 7) is 8.09. The van der Waals surface area contributed by atoms with Crippen LogP contribution in [0.2, 0.25) is 5.02 Å². The van der Waals surface area contributed by atoms with Gasteiger partial charge in [0.25, 0.3) is 0 Å². The largest absolute Gasteiger partial charge is 0.369 e. The van der Waals surface area contributed by atoms with Crippen molar-refractivity contribution < 1.29 is 4.74 Å². The maximum Gasteiger partial charge on any atom is 0.0805 e. The minimum atomic E-state index is -0.130. The van der Waals surface area contributed by atoms with Crippen molar-refractivity contribution in [2.24, 2.45) is 0 Å². The zero-order valence-corrected chi connectivity index (χ0v) is 12.6. The van der Waals surface area contributed by atoms with Gasteiger partial charge in [-0.1, -0.05) is 17.7 Å². The molecule has 0 N–H and O–H groups in total. The van der Waals surface area contributed by atoms with Crippen LogP contribution in [0.4, 0.5) is 5.69 Å². The second-order valence-corrected chi connectivity index (χ2v) is 6.15. The number of halogens is 2. The van der Waals surface area contributed by atoms with Crippen molar-refractivity contribution in [2.75, 3.05) is 18.0 Å². The van der Waals surface area contributed by atoms with Crippen LogP contribution < -0.4 is 4.90 Å². The maximum atomic E-state index is 6.21. The summed E-state index contributed by atoms with van der Waals surface area (Å²) < 4.78 is 5.90. The Kier molecular flexibility index (Phi) is 4.10. The Bertz CT molecular complexity index is 434. The molecule has 1 aromatic carbocycles. The number of nitrogens with zero attached hydrogens (tertiary/aromatic N) is 1. The first-order valence-electron chi connectivity index (χ1n) is 6.18. The Morgan fingerprint density at radius 3 is 2.72 bits per heavy atom. The number of morpholine rings is 1. The van der Waals surface area contributed by atoms with Gasteiger partial charge in [0, 0.05) is 29.7 Å². The van der Waals surface area contributed by atoms with Crippen molar-refractivity contribution in [1.29, 1.82) is 0 Å². The molecular weight excluding hydrogens is 269 g/mol. The molecule has 100 valence electrons. The molecule has 1 aromatic rings. The molecule has 1 aliphatic heterocycles. The Hall–Kier alpha value is -0.440. The molecular formula is C14H19Cl2NO. The Labute approximate surface area is 119 Å². The van der Waals surface area contributed by atoms with Crippen molar-refractivity contribution in [2.45, 2.75) is 38.4 Å². The lowest BCUT2D eigenvalue weighted by molar-refractivity contribution is -0.0749. The van der Waals surface area contributed by atoms with E-state index in [1.54, 1.807) is 0 Å². The number of rotatable bonds is 2. The Morgan fingerprint density at radius 1 is 1.44 bits per heavy atom. The van der Waals surface area contributed by atoms with Crippen molar-refractivity contribution in [1.82, 2.24) is 0 Å². The van der Waals surface area contributed by atoms with E-state index in [9.17, 15) is 0 Å². The minimum absolute atomic E-state index is 0.130. The van der Waals surface area contributed by atoms with Gasteiger partial charge in [-0.05, 0) is 38.5 Å². The average Bonchev–Trinajstić information content (AvgIpc) is 2.26. The predicted octanol–water partition coefficient (Wildman–Crippen LogP) is 4.08. The van der Waals surface area contributed by atoms with E-state index >= 15 is 0 Å².